The second-order valence-corrected chi connectivity index (χ2v) is 12.4. The summed E-state index contributed by atoms with van der Waals surface area (Å²) in [5.74, 6) is -0.453. The van der Waals surface area contributed by atoms with Crippen LogP contribution in [0.1, 0.15) is 110 Å². The summed E-state index contributed by atoms with van der Waals surface area (Å²) in [7, 11) is 0. The van der Waals surface area contributed by atoms with Crippen molar-refractivity contribution in [2.24, 2.45) is 11.8 Å². The van der Waals surface area contributed by atoms with Crippen molar-refractivity contribution in [2.45, 2.75) is 152 Å². The lowest BCUT2D eigenvalue weighted by Crippen LogP contribution is -2.53. The van der Waals surface area contributed by atoms with Gasteiger partial charge in [0.15, 0.2) is 0 Å². The Bertz CT molecular complexity index is 694. The molecule has 2 fully saturated rings. The predicted molar refractivity (Wildman–Crippen MR) is 159 cm³/mol. The number of unbranched alkanes of at least 4 members (excludes halogenated alkanes) is 13. The number of allylic oxidation sites excluding steroid dienone is 1. The molecular weight excluding hydrogens is 544 g/mol. The van der Waals surface area contributed by atoms with Gasteiger partial charge in [0, 0.05) is 18.3 Å². The Kier molecular flexibility index (Phi) is 19.4. The average Bonchev–Trinajstić information content (AvgIpc) is 3.26. The first-order chi connectivity index (χ1) is 20.3. The van der Waals surface area contributed by atoms with E-state index in [0.717, 1.165) is 12.8 Å². The van der Waals surface area contributed by atoms with Crippen molar-refractivity contribution in [3.63, 3.8) is 0 Å². The van der Waals surface area contributed by atoms with Crippen LogP contribution in [0.4, 0.5) is 0 Å². The van der Waals surface area contributed by atoms with E-state index in [1.807, 2.05) is 0 Å². The first-order valence-electron chi connectivity index (χ1n) is 16.5. The molecule has 0 spiro atoms. The molecule has 2 aliphatic rings. The minimum Gasteiger partial charge on any atom is -0.394 e. The highest BCUT2D eigenvalue weighted by atomic mass is 17.2. The normalized spacial score (nSPS) is 31.5. The van der Waals surface area contributed by atoms with E-state index < -0.39 is 61.2 Å². The number of rotatable bonds is 24. The monoisotopic (exact) mass is 604 g/mol. The van der Waals surface area contributed by atoms with E-state index >= 15 is 0 Å². The summed E-state index contributed by atoms with van der Waals surface area (Å²) in [6.45, 7) is 5.76. The van der Waals surface area contributed by atoms with Gasteiger partial charge in [-0.05, 0) is 12.8 Å². The molecule has 1 saturated heterocycles. The molecule has 42 heavy (non-hydrogen) atoms. The summed E-state index contributed by atoms with van der Waals surface area (Å²) < 4.78 is 11.0. The second kappa shape index (κ2) is 21.8. The van der Waals surface area contributed by atoms with Crippen molar-refractivity contribution in [3.05, 3.63) is 12.3 Å². The first-order valence-corrected chi connectivity index (χ1v) is 16.5. The molecule has 10 nitrogen and oxygen atoms in total. The largest absolute Gasteiger partial charge is 0.394 e. The third kappa shape index (κ3) is 13.4. The van der Waals surface area contributed by atoms with Gasteiger partial charge in [-0.1, -0.05) is 97.0 Å². The Morgan fingerprint density at radius 3 is 1.67 bits per heavy atom. The molecule has 1 saturated carbocycles. The summed E-state index contributed by atoms with van der Waals surface area (Å²) in [5.41, 5.74) is 0. The van der Waals surface area contributed by atoms with Gasteiger partial charge >= 0.3 is 0 Å². The fourth-order valence-electron chi connectivity index (χ4n) is 5.97. The fourth-order valence-corrected chi connectivity index (χ4v) is 5.97. The van der Waals surface area contributed by atoms with E-state index in [1.165, 1.54) is 77.0 Å². The molecule has 0 bridgehead atoms. The van der Waals surface area contributed by atoms with Gasteiger partial charge in [-0.2, -0.15) is 4.89 Å². The molecule has 1 aliphatic carbocycles. The van der Waals surface area contributed by atoms with Gasteiger partial charge in [0.25, 0.3) is 0 Å². The summed E-state index contributed by atoms with van der Waals surface area (Å²) in [6.07, 6.45) is 11.4. The van der Waals surface area contributed by atoms with Gasteiger partial charge < -0.3 is 45.0 Å². The quantitative estimate of drug-likeness (QED) is 0.0417. The van der Waals surface area contributed by atoms with Crippen molar-refractivity contribution in [2.75, 3.05) is 26.4 Å². The molecule has 9 atom stereocenters. The minimum atomic E-state index is -1.37. The third-order valence-electron chi connectivity index (χ3n) is 8.79. The molecule has 0 radical (unpaired) electrons. The predicted octanol–water partition coefficient (Wildman–Crippen LogP) is 3.54. The standard InChI is InChI=1S/C32H60O10/c1-3-4-5-6-7-8-9-10-11-12-13-14-15-16-17-23(2)42-40-21-25-18-24(28(34)32(38)29(25)35)20-39-22-27-31(37)30(36)26(19-33)41-27/h24-38H,2-22H2,1H3. The van der Waals surface area contributed by atoms with E-state index in [1.54, 1.807) is 0 Å². The van der Waals surface area contributed by atoms with Crippen LogP contribution in [0.2, 0.25) is 0 Å². The van der Waals surface area contributed by atoms with Crippen molar-refractivity contribution >= 4 is 0 Å². The first kappa shape index (κ1) is 37.4. The molecule has 0 aromatic carbocycles. The molecule has 248 valence electrons. The van der Waals surface area contributed by atoms with Crippen LogP contribution in [0.5, 0.6) is 0 Å². The summed E-state index contributed by atoms with van der Waals surface area (Å²) in [6, 6.07) is 0. The summed E-state index contributed by atoms with van der Waals surface area (Å²) in [4.78, 5) is 10.7. The summed E-state index contributed by atoms with van der Waals surface area (Å²) >= 11 is 0. The molecule has 1 aliphatic heterocycles. The van der Waals surface area contributed by atoms with Crippen LogP contribution in [0.15, 0.2) is 12.3 Å². The van der Waals surface area contributed by atoms with Crippen LogP contribution in [0, 0.1) is 11.8 Å². The second-order valence-electron chi connectivity index (χ2n) is 12.4. The van der Waals surface area contributed by atoms with Crippen molar-refractivity contribution in [1.82, 2.24) is 0 Å². The molecule has 0 aromatic heterocycles. The van der Waals surface area contributed by atoms with Crippen LogP contribution >= 0.6 is 0 Å². The molecule has 9 unspecified atom stereocenters. The molecule has 10 heteroatoms. The van der Waals surface area contributed by atoms with Gasteiger partial charge in [-0.25, -0.2) is 0 Å². The Labute approximate surface area is 253 Å². The van der Waals surface area contributed by atoms with Crippen molar-refractivity contribution in [3.8, 4) is 0 Å². The maximum absolute atomic E-state index is 10.4. The molecule has 2 rings (SSSR count). The van der Waals surface area contributed by atoms with Gasteiger partial charge in [0.2, 0.25) is 0 Å². The molecule has 0 amide bonds. The van der Waals surface area contributed by atoms with Crippen molar-refractivity contribution < 1.29 is 49.9 Å². The Balaban J connectivity index is 1.51. The van der Waals surface area contributed by atoms with E-state index in [0.29, 0.717) is 18.6 Å². The SMILES string of the molecule is C=C(CCCCCCCCCCCCCCCC)OOCC1CC(COCC2OC(CO)C(O)C2O)C(O)C(O)C1O. The molecule has 0 aromatic rings. The average molecular weight is 605 g/mol. The fraction of sp³-hybridized carbons (Fsp3) is 0.938. The van der Waals surface area contributed by atoms with Crippen LogP contribution < -0.4 is 0 Å². The van der Waals surface area contributed by atoms with Crippen LogP contribution in [0.25, 0.3) is 0 Å². The lowest BCUT2D eigenvalue weighted by atomic mass is 9.76. The van der Waals surface area contributed by atoms with E-state index in [2.05, 4.69) is 13.5 Å². The third-order valence-corrected chi connectivity index (χ3v) is 8.79. The van der Waals surface area contributed by atoms with E-state index in [-0.39, 0.29) is 19.8 Å². The number of ether oxygens (including phenoxy) is 2. The highest BCUT2D eigenvalue weighted by Gasteiger charge is 2.44. The molecule has 1 heterocycles. The maximum atomic E-state index is 10.4. The summed E-state index contributed by atoms with van der Waals surface area (Å²) in [5, 5.41) is 60.3. The Morgan fingerprint density at radius 1 is 0.643 bits per heavy atom. The Morgan fingerprint density at radius 2 is 1.14 bits per heavy atom. The minimum absolute atomic E-state index is 0.0219. The zero-order valence-corrected chi connectivity index (χ0v) is 25.9. The van der Waals surface area contributed by atoms with E-state index in [4.69, 9.17) is 19.2 Å². The maximum Gasteiger partial charge on any atom is 0.135 e. The van der Waals surface area contributed by atoms with Gasteiger partial charge in [-0.15, -0.1) is 0 Å². The van der Waals surface area contributed by atoms with Gasteiger partial charge in [0.05, 0.1) is 38.6 Å². The lowest BCUT2D eigenvalue weighted by Gasteiger charge is -2.40. The topological polar surface area (TPSA) is 158 Å². The number of aliphatic hydroxyl groups excluding tert-OH is 6. The zero-order chi connectivity index (χ0) is 30.7. The molecular formula is C32H60O10. The van der Waals surface area contributed by atoms with Crippen LogP contribution in [-0.2, 0) is 19.2 Å². The number of hydrogen-bond donors (Lipinski definition) is 6. The smallest absolute Gasteiger partial charge is 0.135 e. The highest BCUT2D eigenvalue weighted by Crippen LogP contribution is 2.32. The Hall–Kier alpha value is -0.820. The number of hydrogen-bond acceptors (Lipinski definition) is 10. The van der Waals surface area contributed by atoms with Gasteiger partial charge in [0.1, 0.15) is 36.3 Å². The highest BCUT2D eigenvalue weighted by molar-refractivity contribution is 4.93. The lowest BCUT2D eigenvalue weighted by molar-refractivity contribution is -0.284. The van der Waals surface area contributed by atoms with Crippen LogP contribution in [-0.4, -0.2) is 99.8 Å². The van der Waals surface area contributed by atoms with E-state index in [9.17, 15) is 30.6 Å². The van der Waals surface area contributed by atoms with Crippen LogP contribution in [0.3, 0.4) is 0 Å². The zero-order valence-electron chi connectivity index (χ0n) is 25.9. The number of aliphatic hydroxyl groups is 6. The van der Waals surface area contributed by atoms with Gasteiger partial charge in [-0.3, -0.25) is 0 Å². The molecule has 6 N–H and O–H groups in total. The van der Waals surface area contributed by atoms with Crippen molar-refractivity contribution in [1.29, 1.82) is 0 Å².